The van der Waals surface area contributed by atoms with E-state index < -0.39 is 5.92 Å². The van der Waals surface area contributed by atoms with Crippen molar-refractivity contribution in [3.05, 3.63) is 67.9 Å². The lowest BCUT2D eigenvalue weighted by molar-refractivity contribution is -0.120. The topological polar surface area (TPSA) is 76.2 Å². The summed E-state index contributed by atoms with van der Waals surface area (Å²) in [5.74, 6) is 0.521. The van der Waals surface area contributed by atoms with Gasteiger partial charge in [0.2, 0.25) is 0 Å². The molecule has 5 nitrogen and oxygen atoms in total. The van der Waals surface area contributed by atoms with Gasteiger partial charge >= 0.3 is 0 Å². The van der Waals surface area contributed by atoms with Crippen LogP contribution in [0.25, 0.3) is 10.9 Å². The van der Waals surface area contributed by atoms with E-state index in [-0.39, 0.29) is 28.0 Å². The van der Waals surface area contributed by atoms with E-state index in [0.29, 0.717) is 53.9 Å². The fourth-order valence-electron chi connectivity index (χ4n) is 5.89. The number of Topliss-reactive ketones (excluding diaryl/α,β-unsaturated/α-hetero) is 2. The number of hydrogen-bond donors (Lipinski definition) is 1. The molecule has 5 rings (SSSR count). The van der Waals surface area contributed by atoms with E-state index in [1.54, 1.807) is 0 Å². The van der Waals surface area contributed by atoms with Crippen LogP contribution in [0.5, 0.6) is 0 Å². The molecule has 1 N–H and O–H groups in total. The molecule has 0 saturated carbocycles. The highest BCUT2D eigenvalue weighted by atomic mass is 16.5. The van der Waals surface area contributed by atoms with Gasteiger partial charge in [-0.25, -0.2) is 0 Å². The highest BCUT2D eigenvalue weighted by Crippen LogP contribution is 2.52. The lowest BCUT2D eigenvalue weighted by Gasteiger charge is -2.42. The summed E-state index contributed by atoms with van der Waals surface area (Å²) >= 11 is 0. The summed E-state index contributed by atoms with van der Waals surface area (Å²) in [6, 6.07) is 5.91. The summed E-state index contributed by atoms with van der Waals surface area (Å²) in [6.07, 6.45) is 1.97. The summed E-state index contributed by atoms with van der Waals surface area (Å²) in [4.78, 5) is 43.3. The van der Waals surface area contributed by atoms with E-state index in [4.69, 9.17) is 4.74 Å². The van der Waals surface area contributed by atoms with E-state index in [9.17, 15) is 14.4 Å². The van der Waals surface area contributed by atoms with Crippen molar-refractivity contribution in [2.24, 2.45) is 10.8 Å². The van der Waals surface area contributed by atoms with Gasteiger partial charge in [-0.1, -0.05) is 33.8 Å². The SMILES string of the molecule is Cc1cc(C)c2cc(C3C4=C(CC(C)(C)CC4=O)OC4=C3C(=O)CC(C)(C)C4)c(=O)[nH]c2c1. The van der Waals surface area contributed by atoms with Crippen molar-refractivity contribution >= 4 is 22.5 Å². The molecule has 0 spiro atoms. The number of nitrogens with one attached hydrogen (secondary N) is 1. The van der Waals surface area contributed by atoms with Crippen LogP contribution in [0.3, 0.4) is 0 Å². The van der Waals surface area contributed by atoms with Crippen molar-refractivity contribution in [2.75, 3.05) is 0 Å². The number of aryl methyl sites for hydroxylation is 2. The molecule has 33 heavy (non-hydrogen) atoms. The molecular formula is C28H31NO4. The van der Waals surface area contributed by atoms with Crippen molar-refractivity contribution in [2.45, 2.75) is 73.1 Å². The summed E-state index contributed by atoms with van der Waals surface area (Å²) in [7, 11) is 0. The van der Waals surface area contributed by atoms with Crippen molar-refractivity contribution < 1.29 is 14.3 Å². The average Bonchev–Trinajstić information content (AvgIpc) is 2.63. The molecule has 0 atom stereocenters. The number of ether oxygens (including phenoxy) is 1. The smallest absolute Gasteiger partial charge is 0.252 e. The molecule has 2 aliphatic carbocycles. The normalized spacial score (nSPS) is 22.4. The van der Waals surface area contributed by atoms with E-state index in [1.165, 1.54) is 0 Å². The monoisotopic (exact) mass is 445 g/mol. The van der Waals surface area contributed by atoms with Crippen LogP contribution in [-0.4, -0.2) is 16.6 Å². The number of ketones is 2. The highest BCUT2D eigenvalue weighted by Gasteiger charge is 2.48. The number of aromatic nitrogens is 1. The van der Waals surface area contributed by atoms with Crippen LogP contribution in [0.15, 0.2) is 45.7 Å². The molecule has 1 aromatic heterocycles. The second-order valence-electron chi connectivity index (χ2n) is 11.7. The molecular weight excluding hydrogens is 414 g/mol. The van der Waals surface area contributed by atoms with Gasteiger partial charge in [-0.15, -0.1) is 0 Å². The van der Waals surface area contributed by atoms with Crippen molar-refractivity contribution in [3.63, 3.8) is 0 Å². The third kappa shape index (κ3) is 3.58. The molecule has 5 heteroatoms. The molecule has 0 fully saturated rings. The summed E-state index contributed by atoms with van der Waals surface area (Å²) in [6.45, 7) is 12.2. The van der Waals surface area contributed by atoms with Crippen LogP contribution in [0.1, 0.15) is 76.0 Å². The van der Waals surface area contributed by atoms with E-state index >= 15 is 0 Å². The van der Waals surface area contributed by atoms with Crippen molar-refractivity contribution in [1.82, 2.24) is 4.98 Å². The van der Waals surface area contributed by atoms with Gasteiger partial charge in [-0.3, -0.25) is 14.4 Å². The molecule has 0 radical (unpaired) electrons. The maximum absolute atomic E-state index is 13.4. The number of pyridine rings is 1. The Hall–Kier alpha value is -2.95. The zero-order valence-corrected chi connectivity index (χ0v) is 20.3. The first-order valence-corrected chi connectivity index (χ1v) is 11.7. The molecule has 1 aromatic carbocycles. The molecule has 172 valence electrons. The van der Waals surface area contributed by atoms with E-state index in [2.05, 4.69) is 38.7 Å². The minimum atomic E-state index is -0.676. The summed E-state index contributed by atoms with van der Waals surface area (Å²) in [5, 5.41) is 0.929. The fourth-order valence-corrected chi connectivity index (χ4v) is 5.89. The Morgan fingerprint density at radius 2 is 1.36 bits per heavy atom. The predicted octanol–water partition coefficient (Wildman–Crippen LogP) is 5.55. The minimum Gasteiger partial charge on any atom is -0.465 e. The Morgan fingerprint density at radius 1 is 0.818 bits per heavy atom. The predicted molar refractivity (Wildman–Crippen MR) is 128 cm³/mol. The van der Waals surface area contributed by atoms with Gasteiger partial charge < -0.3 is 9.72 Å². The first kappa shape index (κ1) is 21.9. The molecule has 0 amide bonds. The third-order valence-electron chi connectivity index (χ3n) is 7.23. The number of benzene rings is 1. The summed E-state index contributed by atoms with van der Waals surface area (Å²) in [5.41, 5.74) is 3.62. The average molecular weight is 446 g/mol. The Balaban J connectivity index is 1.79. The van der Waals surface area contributed by atoms with Crippen molar-refractivity contribution in [3.8, 4) is 0 Å². The Labute approximate surface area is 193 Å². The van der Waals surface area contributed by atoms with Crippen LogP contribution >= 0.6 is 0 Å². The number of carbonyl (C=O) groups is 2. The number of carbonyl (C=O) groups excluding carboxylic acids is 2. The van der Waals surface area contributed by atoms with Gasteiger partial charge in [0, 0.05) is 53.3 Å². The van der Waals surface area contributed by atoms with E-state index in [1.807, 2.05) is 26.0 Å². The lowest BCUT2D eigenvalue weighted by Crippen LogP contribution is -2.39. The number of hydrogen-bond acceptors (Lipinski definition) is 4. The molecule has 0 unspecified atom stereocenters. The second kappa shape index (κ2) is 7.02. The van der Waals surface area contributed by atoms with Gasteiger partial charge in [0.25, 0.3) is 5.56 Å². The maximum atomic E-state index is 13.4. The fraction of sp³-hybridized carbons (Fsp3) is 0.464. The van der Waals surface area contributed by atoms with Gasteiger partial charge in [-0.05, 0) is 47.9 Å². The minimum absolute atomic E-state index is 0.0319. The second-order valence-corrected chi connectivity index (χ2v) is 11.7. The van der Waals surface area contributed by atoms with Crippen molar-refractivity contribution in [1.29, 1.82) is 0 Å². The number of allylic oxidation sites excluding steroid dienone is 4. The molecule has 2 aromatic rings. The Morgan fingerprint density at radius 3 is 1.91 bits per heavy atom. The quantitative estimate of drug-likeness (QED) is 0.625. The standard InChI is InChI=1S/C28H31NO4/c1-14-7-15(2)16-9-17(26(32)29-18(16)8-14)23-24-19(30)10-27(3,4)12-21(24)33-22-13-28(5,6)11-20(31)25(22)23/h7-9,23H,10-13H2,1-6H3,(H,29,32). The number of aromatic amines is 1. The highest BCUT2D eigenvalue weighted by molar-refractivity contribution is 6.06. The molecule has 0 saturated heterocycles. The van der Waals surface area contributed by atoms with Gasteiger partial charge in [0.05, 0.1) is 5.92 Å². The number of rotatable bonds is 1. The molecule has 0 bridgehead atoms. The summed E-state index contributed by atoms with van der Waals surface area (Å²) < 4.78 is 6.33. The van der Waals surface area contributed by atoms with Crippen LogP contribution in [-0.2, 0) is 14.3 Å². The Kier molecular flexibility index (Phi) is 4.65. The molecule has 3 aliphatic rings. The lowest BCUT2D eigenvalue weighted by atomic mass is 9.65. The third-order valence-corrected chi connectivity index (χ3v) is 7.23. The maximum Gasteiger partial charge on any atom is 0.252 e. The number of fused-ring (bicyclic) bond motifs is 1. The first-order valence-electron chi connectivity index (χ1n) is 11.7. The Bertz CT molecular complexity index is 1310. The van der Waals surface area contributed by atoms with Gasteiger partial charge in [-0.2, -0.15) is 0 Å². The van der Waals surface area contributed by atoms with Crippen LogP contribution < -0.4 is 5.56 Å². The zero-order valence-electron chi connectivity index (χ0n) is 20.3. The van der Waals surface area contributed by atoms with Crippen LogP contribution in [0.2, 0.25) is 0 Å². The van der Waals surface area contributed by atoms with E-state index in [0.717, 1.165) is 22.0 Å². The van der Waals surface area contributed by atoms with Crippen LogP contribution in [0, 0.1) is 24.7 Å². The van der Waals surface area contributed by atoms with Gasteiger partial charge in [0.15, 0.2) is 11.6 Å². The molecule has 1 aliphatic heterocycles. The van der Waals surface area contributed by atoms with Crippen LogP contribution in [0.4, 0.5) is 0 Å². The largest absolute Gasteiger partial charge is 0.465 e. The number of H-pyrrole nitrogens is 1. The van der Waals surface area contributed by atoms with Gasteiger partial charge in [0.1, 0.15) is 11.5 Å². The molecule has 2 heterocycles. The zero-order chi connectivity index (χ0) is 23.9. The first-order chi connectivity index (χ1) is 15.3.